The lowest BCUT2D eigenvalue weighted by Gasteiger charge is -2.02. The van der Waals surface area contributed by atoms with Gasteiger partial charge in [0.1, 0.15) is 5.82 Å². The van der Waals surface area contributed by atoms with E-state index >= 15 is 0 Å². The molecule has 2 aromatic heterocycles. The van der Waals surface area contributed by atoms with Crippen molar-refractivity contribution in [3.05, 3.63) is 36.3 Å². The predicted molar refractivity (Wildman–Crippen MR) is 59.9 cm³/mol. The van der Waals surface area contributed by atoms with Crippen LogP contribution in [0.5, 0.6) is 0 Å². The molecule has 0 fully saturated rings. The van der Waals surface area contributed by atoms with Gasteiger partial charge < -0.3 is 5.73 Å². The average molecular weight is 202 g/mol. The third-order valence-electron chi connectivity index (χ3n) is 2.24. The summed E-state index contributed by atoms with van der Waals surface area (Å²) in [7, 11) is 0. The van der Waals surface area contributed by atoms with Crippen LogP contribution in [-0.2, 0) is 0 Å². The number of nitrogens with zero attached hydrogens (tertiary/aromatic N) is 3. The Hall–Kier alpha value is -1.84. The highest BCUT2D eigenvalue weighted by atomic mass is 15.3. The van der Waals surface area contributed by atoms with Gasteiger partial charge in [-0.2, -0.15) is 5.10 Å². The van der Waals surface area contributed by atoms with Crippen LogP contribution in [0.1, 0.15) is 25.5 Å². The van der Waals surface area contributed by atoms with Crippen LogP contribution in [0.2, 0.25) is 0 Å². The predicted octanol–water partition coefficient (Wildman–Crippen LogP) is 1.97. The first-order valence-electron chi connectivity index (χ1n) is 4.94. The first-order valence-corrected chi connectivity index (χ1v) is 4.94. The minimum atomic E-state index is 0.380. The third kappa shape index (κ3) is 1.83. The van der Waals surface area contributed by atoms with Crippen molar-refractivity contribution in [3.8, 4) is 5.69 Å². The minimum absolute atomic E-state index is 0.380. The zero-order valence-corrected chi connectivity index (χ0v) is 8.88. The first kappa shape index (κ1) is 9.71. The lowest BCUT2D eigenvalue weighted by atomic mass is 10.1. The van der Waals surface area contributed by atoms with Gasteiger partial charge in [-0.15, -0.1) is 0 Å². The molecule has 4 heteroatoms. The first-order chi connectivity index (χ1) is 7.18. The summed E-state index contributed by atoms with van der Waals surface area (Å²) < 4.78 is 1.71. The molecule has 2 heterocycles. The molecule has 0 radical (unpaired) electrons. The Balaban J connectivity index is 2.45. The van der Waals surface area contributed by atoms with Crippen LogP contribution in [0.3, 0.4) is 0 Å². The van der Waals surface area contributed by atoms with Crippen LogP contribution in [-0.4, -0.2) is 14.8 Å². The molecule has 0 aliphatic carbocycles. The van der Waals surface area contributed by atoms with E-state index in [9.17, 15) is 0 Å². The molecule has 4 nitrogen and oxygen atoms in total. The number of aromatic nitrogens is 3. The summed E-state index contributed by atoms with van der Waals surface area (Å²) in [6.07, 6.45) is 3.47. The lowest BCUT2D eigenvalue weighted by molar-refractivity contribution is 0.769. The van der Waals surface area contributed by atoms with E-state index < -0.39 is 0 Å². The zero-order valence-electron chi connectivity index (χ0n) is 8.88. The third-order valence-corrected chi connectivity index (χ3v) is 2.24. The van der Waals surface area contributed by atoms with E-state index in [1.165, 1.54) is 0 Å². The molecule has 0 aliphatic rings. The number of hydrogen-bond acceptors (Lipinski definition) is 3. The largest absolute Gasteiger partial charge is 0.384 e. The second-order valence-corrected chi connectivity index (χ2v) is 3.77. The molecule has 2 N–H and O–H groups in total. The number of hydrogen-bond donors (Lipinski definition) is 1. The maximum Gasteiger partial charge on any atom is 0.127 e. The summed E-state index contributed by atoms with van der Waals surface area (Å²) in [5.74, 6) is 1.02. The Labute approximate surface area is 88.8 Å². The molecule has 0 saturated heterocycles. The molecule has 0 aromatic carbocycles. The molecule has 0 unspecified atom stereocenters. The number of anilines is 1. The fourth-order valence-corrected chi connectivity index (χ4v) is 1.38. The highest BCUT2D eigenvalue weighted by Gasteiger charge is 2.09. The summed E-state index contributed by atoms with van der Waals surface area (Å²) in [5, 5.41) is 4.43. The Bertz CT molecular complexity index is 445. The molecule has 0 atom stereocenters. The highest BCUT2D eigenvalue weighted by Crippen LogP contribution is 2.18. The van der Waals surface area contributed by atoms with Crippen LogP contribution in [0.15, 0.2) is 30.6 Å². The van der Waals surface area contributed by atoms with Crippen molar-refractivity contribution in [2.24, 2.45) is 0 Å². The summed E-state index contributed by atoms with van der Waals surface area (Å²) in [6.45, 7) is 4.19. The van der Waals surface area contributed by atoms with Gasteiger partial charge in [0, 0.05) is 12.3 Å². The van der Waals surface area contributed by atoms with Crippen LogP contribution in [0.4, 0.5) is 5.82 Å². The number of nitrogen functional groups attached to an aromatic ring is 1. The van der Waals surface area contributed by atoms with Gasteiger partial charge in [0.05, 0.1) is 17.6 Å². The van der Waals surface area contributed by atoms with Gasteiger partial charge >= 0.3 is 0 Å². The van der Waals surface area contributed by atoms with Gasteiger partial charge in [-0.3, -0.25) is 4.98 Å². The van der Waals surface area contributed by atoms with Gasteiger partial charge in [-0.05, 0) is 18.1 Å². The SMILES string of the molecule is CC(C)c1cc(N)n(-c2cccnc2)n1. The topological polar surface area (TPSA) is 56.7 Å². The van der Waals surface area contributed by atoms with Gasteiger partial charge in [-0.25, -0.2) is 4.68 Å². The number of nitrogens with two attached hydrogens (primary N) is 1. The summed E-state index contributed by atoms with van der Waals surface area (Å²) in [5.41, 5.74) is 7.77. The van der Waals surface area contributed by atoms with Crippen LogP contribution < -0.4 is 5.73 Å². The van der Waals surface area contributed by atoms with Crippen molar-refractivity contribution >= 4 is 5.82 Å². The van der Waals surface area contributed by atoms with Crippen LogP contribution in [0, 0.1) is 0 Å². The van der Waals surface area contributed by atoms with Crippen molar-refractivity contribution in [3.63, 3.8) is 0 Å². The van der Waals surface area contributed by atoms with Gasteiger partial charge in [-0.1, -0.05) is 13.8 Å². The molecule has 0 aliphatic heterocycles. The fraction of sp³-hybridized carbons (Fsp3) is 0.273. The van der Waals surface area contributed by atoms with Gasteiger partial charge in [0.15, 0.2) is 0 Å². The molecule has 78 valence electrons. The quantitative estimate of drug-likeness (QED) is 0.810. The molecule has 2 aromatic rings. The standard InChI is InChI=1S/C11H14N4/c1-8(2)10-6-11(12)15(14-10)9-4-3-5-13-7-9/h3-8H,12H2,1-2H3. The van der Waals surface area contributed by atoms with Crippen molar-refractivity contribution in [1.82, 2.24) is 14.8 Å². The Morgan fingerprint density at radius 3 is 2.73 bits per heavy atom. The average Bonchev–Trinajstić information content (AvgIpc) is 2.62. The molecular weight excluding hydrogens is 188 g/mol. The Morgan fingerprint density at radius 2 is 2.20 bits per heavy atom. The smallest absolute Gasteiger partial charge is 0.127 e. The van der Waals surface area contributed by atoms with Gasteiger partial charge in [0.25, 0.3) is 0 Å². The monoisotopic (exact) mass is 202 g/mol. The highest BCUT2D eigenvalue weighted by molar-refractivity contribution is 5.41. The summed E-state index contributed by atoms with van der Waals surface area (Å²) in [4.78, 5) is 4.04. The molecular formula is C11H14N4. The molecule has 0 amide bonds. The normalized spacial score (nSPS) is 10.9. The van der Waals surface area contributed by atoms with E-state index in [1.807, 2.05) is 18.2 Å². The van der Waals surface area contributed by atoms with Crippen molar-refractivity contribution in [2.45, 2.75) is 19.8 Å². The van der Waals surface area contributed by atoms with E-state index in [1.54, 1.807) is 17.1 Å². The Kier molecular flexibility index (Phi) is 2.41. The molecule has 15 heavy (non-hydrogen) atoms. The van der Waals surface area contributed by atoms with Crippen molar-refractivity contribution in [1.29, 1.82) is 0 Å². The van der Waals surface area contributed by atoms with Crippen LogP contribution >= 0.6 is 0 Å². The Morgan fingerprint density at radius 1 is 1.40 bits per heavy atom. The maximum atomic E-state index is 5.88. The van der Waals surface area contributed by atoms with Crippen LogP contribution in [0.25, 0.3) is 5.69 Å². The number of pyridine rings is 1. The van der Waals surface area contributed by atoms with Crippen molar-refractivity contribution < 1.29 is 0 Å². The summed E-state index contributed by atoms with van der Waals surface area (Å²) >= 11 is 0. The minimum Gasteiger partial charge on any atom is -0.384 e. The van der Waals surface area contributed by atoms with E-state index in [-0.39, 0.29) is 0 Å². The number of rotatable bonds is 2. The zero-order chi connectivity index (χ0) is 10.8. The molecule has 0 spiro atoms. The maximum absolute atomic E-state index is 5.88. The molecule has 0 saturated carbocycles. The van der Waals surface area contributed by atoms with Crippen molar-refractivity contribution in [2.75, 3.05) is 5.73 Å². The van der Waals surface area contributed by atoms with E-state index in [4.69, 9.17) is 5.73 Å². The second-order valence-electron chi connectivity index (χ2n) is 3.77. The molecule has 0 bridgehead atoms. The van der Waals surface area contributed by atoms with E-state index in [0.717, 1.165) is 11.4 Å². The summed E-state index contributed by atoms with van der Waals surface area (Å²) in [6, 6.07) is 5.70. The fourth-order valence-electron chi connectivity index (χ4n) is 1.38. The lowest BCUT2D eigenvalue weighted by Crippen LogP contribution is -2.02. The second kappa shape index (κ2) is 3.73. The van der Waals surface area contributed by atoms with E-state index in [0.29, 0.717) is 11.7 Å². The van der Waals surface area contributed by atoms with E-state index in [2.05, 4.69) is 23.9 Å². The molecule has 2 rings (SSSR count). The van der Waals surface area contributed by atoms with Gasteiger partial charge in [0.2, 0.25) is 0 Å².